The van der Waals surface area contributed by atoms with E-state index >= 15 is 0 Å². The molecule has 108 valence electrons. The summed E-state index contributed by atoms with van der Waals surface area (Å²) < 4.78 is 37.3. The highest BCUT2D eigenvalue weighted by atomic mass is 19.4. The van der Waals surface area contributed by atoms with Crippen LogP contribution in [0.5, 0.6) is 0 Å². The quantitative estimate of drug-likeness (QED) is 0.906. The number of halogens is 3. The number of alkyl halides is 3. The third kappa shape index (κ3) is 2.89. The first-order chi connectivity index (χ1) is 9.29. The van der Waals surface area contributed by atoms with Crippen molar-refractivity contribution in [2.45, 2.75) is 25.4 Å². The molecule has 1 aliphatic heterocycles. The van der Waals surface area contributed by atoms with E-state index in [1.165, 1.54) is 12.3 Å². The van der Waals surface area contributed by atoms with Crippen molar-refractivity contribution >= 4 is 11.7 Å². The summed E-state index contributed by atoms with van der Waals surface area (Å²) >= 11 is 0. The summed E-state index contributed by atoms with van der Waals surface area (Å²) in [6.45, 7) is 2.19. The maximum Gasteiger partial charge on any atom is 0.433 e. The molecule has 2 heterocycles. The molecule has 1 atom stereocenters. The van der Waals surface area contributed by atoms with E-state index in [4.69, 9.17) is 5.73 Å². The number of hydrogen-bond acceptors (Lipinski definition) is 3. The maximum atomic E-state index is 12.4. The number of primary amides is 1. The summed E-state index contributed by atoms with van der Waals surface area (Å²) in [5.41, 5.74) is 5.49. The molecule has 0 bridgehead atoms. The summed E-state index contributed by atoms with van der Waals surface area (Å²) in [4.78, 5) is 14.4. The fourth-order valence-electron chi connectivity index (χ4n) is 1.96. The Balaban J connectivity index is 2.16. The number of hydrogen-bond donors (Lipinski definition) is 1. The van der Waals surface area contributed by atoms with Gasteiger partial charge in [0, 0.05) is 24.2 Å². The molecule has 0 aromatic carbocycles. The van der Waals surface area contributed by atoms with E-state index in [0.29, 0.717) is 24.2 Å². The van der Waals surface area contributed by atoms with Gasteiger partial charge < -0.3 is 5.73 Å². The molecule has 1 aliphatic rings. The van der Waals surface area contributed by atoms with Gasteiger partial charge in [-0.3, -0.25) is 4.98 Å². The van der Waals surface area contributed by atoms with Gasteiger partial charge in [-0.25, -0.2) is 9.80 Å². The van der Waals surface area contributed by atoms with E-state index in [9.17, 15) is 18.0 Å². The highest BCUT2D eigenvalue weighted by molar-refractivity contribution is 5.93. The van der Waals surface area contributed by atoms with E-state index in [1.807, 2.05) is 0 Å². The monoisotopic (exact) mass is 286 g/mol. The van der Waals surface area contributed by atoms with Gasteiger partial charge in [0.2, 0.25) is 0 Å². The van der Waals surface area contributed by atoms with Crippen molar-refractivity contribution in [2.24, 2.45) is 10.8 Å². The predicted molar refractivity (Wildman–Crippen MR) is 66.0 cm³/mol. The molecule has 2 amide bonds. The van der Waals surface area contributed by atoms with Crippen LogP contribution in [0.1, 0.15) is 30.5 Å². The minimum Gasteiger partial charge on any atom is -0.350 e. The minimum absolute atomic E-state index is 0.214. The van der Waals surface area contributed by atoms with Crippen LogP contribution in [-0.2, 0) is 6.18 Å². The molecular formula is C12H13F3N4O. The number of urea groups is 1. The summed E-state index contributed by atoms with van der Waals surface area (Å²) in [5, 5.41) is 5.20. The van der Waals surface area contributed by atoms with E-state index in [-0.39, 0.29) is 5.92 Å². The Labute approximate surface area is 113 Å². The van der Waals surface area contributed by atoms with E-state index < -0.39 is 17.9 Å². The highest BCUT2D eigenvalue weighted by Gasteiger charge is 2.32. The van der Waals surface area contributed by atoms with Gasteiger partial charge in [-0.2, -0.15) is 18.3 Å². The Morgan fingerprint density at radius 2 is 2.15 bits per heavy atom. The third-order valence-electron chi connectivity index (χ3n) is 3.16. The van der Waals surface area contributed by atoms with E-state index in [2.05, 4.69) is 10.1 Å². The number of hydrazone groups is 1. The molecule has 20 heavy (non-hydrogen) atoms. The normalized spacial score (nSPS) is 17.0. The zero-order chi connectivity index (χ0) is 14.9. The van der Waals surface area contributed by atoms with Crippen LogP contribution in [-0.4, -0.2) is 28.3 Å². The SMILES string of the molecule is C[C@H](C1=NN(C(N)=O)CC1)c1ccc(C(F)(F)F)nc1. The highest BCUT2D eigenvalue weighted by Crippen LogP contribution is 2.29. The van der Waals surface area contributed by atoms with Gasteiger partial charge >= 0.3 is 12.2 Å². The summed E-state index contributed by atoms with van der Waals surface area (Å²) in [6, 6.07) is 1.67. The first-order valence-electron chi connectivity index (χ1n) is 5.96. The molecule has 2 rings (SSSR count). The van der Waals surface area contributed by atoms with Crippen molar-refractivity contribution in [2.75, 3.05) is 6.54 Å². The van der Waals surface area contributed by atoms with Crippen molar-refractivity contribution < 1.29 is 18.0 Å². The van der Waals surface area contributed by atoms with Gasteiger partial charge in [-0.05, 0) is 11.6 Å². The van der Waals surface area contributed by atoms with E-state index in [0.717, 1.165) is 11.1 Å². The molecule has 0 saturated carbocycles. The Hall–Kier alpha value is -2.12. The molecule has 8 heteroatoms. The molecule has 1 aromatic rings. The molecule has 0 aliphatic carbocycles. The van der Waals surface area contributed by atoms with Gasteiger partial charge in [0.25, 0.3) is 0 Å². The van der Waals surface area contributed by atoms with Crippen LogP contribution >= 0.6 is 0 Å². The fourth-order valence-corrected chi connectivity index (χ4v) is 1.96. The second-order valence-electron chi connectivity index (χ2n) is 4.50. The lowest BCUT2D eigenvalue weighted by atomic mass is 9.96. The van der Waals surface area contributed by atoms with E-state index in [1.54, 1.807) is 6.92 Å². The first kappa shape index (κ1) is 14.3. The van der Waals surface area contributed by atoms with Crippen molar-refractivity contribution in [1.29, 1.82) is 0 Å². The Bertz CT molecular complexity index is 539. The number of rotatable bonds is 2. The summed E-state index contributed by atoms with van der Waals surface area (Å²) in [7, 11) is 0. The van der Waals surface area contributed by atoms with Gasteiger partial charge in [0.1, 0.15) is 5.69 Å². The first-order valence-corrected chi connectivity index (χ1v) is 5.96. The lowest BCUT2D eigenvalue weighted by Crippen LogP contribution is -2.29. The number of aromatic nitrogens is 1. The molecule has 1 aromatic heterocycles. The third-order valence-corrected chi connectivity index (χ3v) is 3.16. The van der Waals surface area contributed by atoms with Gasteiger partial charge in [0.05, 0.1) is 6.54 Å². The molecular weight excluding hydrogens is 273 g/mol. The van der Waals surface area contributed by atoms with Crippen LogP contribution in [0.3, 0.4) is 0 Å². The average molecular weight is 286 g/mol. The van der Waals surface area contributed by atoms with Gasteiger partial charge in [-0.15, -0.1) is 0 Å². The summed E-state index contributed by atoms with van der Waals surface area (Å²) in [5.74, 6) is -0.214. The van der Waals surface area contributed by atoms with Gasteiger partial charge in [-0.1, -0.05) is 13.0 Å². The van der Waals surface area contributed by atoms with Crippen LogP contribution < -0.4 is 5.73 Å². The molecule has 0 saturated heterocycles. The van der Waals surface area contributed by atoms with Crippen LogP contribution in [0.25, 0.3) is 0 Å². The topological polar surface area (TPSA) is 71.6 Å². The smallest absolute Gasteiger partial charge is 0.350 e. The summed E-state index contributed by atoms with van der Waals surface area (Å²) in [6.07, 6.45) is -2.72. The number of carbonyl (C=O) groups is 1. The fraction of sp³-hybridized carbons (Fsp3) is 0.417. The zero-order valence-electron chi connectivity index (χ0n) is 10.7. The largest absolute Gasteiger partial charge is 0.433 e. The maximum absolute atomic E-state index is 12.4. The Kier molecular flexibility index (Phi) is 3.65. The molecule has 0 fully saturated rings. The standard InChI is InChI=1S/C12H13F3N4O/c1-7(9-4-5-19(18-9)11(16)20)8-2-3-10(17-6-8)12(13,14)15/h2-3,6-7H,4-5H2,1H3,(H2,16,20)/t7-/m0/s1. The lowest BCUT2D eigenvalue weighted by Gasteiger charge is -2.12. The molecule has 5 nitrogen and oxygen atoms in total. The molecule has 0 radical (unpaired) electrons. The minimum atomic E-state index is -4.45. The number of amides is 2. The van der Waals surface area contributed by atoms with Crippen molar-refractivity contribution in [1.82, 2.24) is 9.99 Å². The van der Waals surface area contributed by atoms with Crippen molar-refractivity contribution in [3.8, 4) is 0 Å². The lowest BCUT2D eigenvalue weighted by molar-refractivity contribution is -0.141. The van der Waals surface area contributed by atoms with Crippen molar-refractivity contribution in [3.05, 3.63) is 29.6 Å². The molecule has 0 unspecified atom stereocenters. The average Bonchev–Trinajstić information content (AvgIpc) is 2.86. The second-order valence-corrected chi connectivity index (χ2v) is 4.50. The number of nitrogens with zero attached hydrogens (tertiary/aromatic N) is 3. The van der Waals surface area contributed by atoms with Crippen LogP contribution in [0, 0.1) is 0 Å². The van der Waals surface area contributed by atoms with Crippen LogP contribution in [0.15, 0.2) is 23.4 Å². The second kappa shape index (κ2) is 5.10. The number of carbonyl (C=O) groups excluding carboxylic acids is 1. The Morgan fingerprint density at radius 1 is 1.45 bits per heavy atom. The van der Waals surface area contributed by atoms with Crippen LogP contribution in [0.4, 0.5) is 18.0 Å². The number of pyridine rings is 1. The zero-order valence-corrected chi connectivity index (χ0v) is 10.7. The number of nitrogens with two attached hydrogens (primary N) is 1. The van der Waals surface area contributed by atoms with Crippen molar-refractivity contribution in [3.63, 3.8) is 0 Å². The predicted octanol–water partition coefficient (Wildman–Crippen LogP) is 2.34. The molecule has 2 N–H and O–H groups in total. The van der Waals surface area contributed by atoms with Crippen LogP contribution in [0.2, 0.25) is 0 Å². The van der Waals surface area contributed by atoms with Gasteiger partial charge in [0.15, 0.2) is 0 Å². The Morgan fingerprint density at radius 3 is 2.60 bits per heavy atom. The molecule has 0 spiro atoms.